The normalized spacial score (nSPS) is 15.7. The zero-order valence-electron chi connectivity index (χ0n) is 23.1. The number of ether oxygens (including phenoxy) is 2. The summed E-state index contributed by atoms with van der Waals surface area (Å²) in [5, 5.41) is 0.744. The number of rotatable bonds is 6. The lowest BCUT2D eigenvalue weighted by atomic mass is 9.80. The number of ketones is 1. The second kappa shape index (κ2) is 10.9. The fraction of sp³-hybridized carbons (Fsp3) is 0.265. The van der Waals surface area contributed by atoms with Crippen LogP contribution in [0.15, 0.2) is 60.7 Å². The Kier molecular flexibility index (Phi) is 7.34. The number of nitrogens with zero attached hydrogens (tertiary/aromatic N) is 1. The van der Waals surface area contributed by atoms with E-state index in [1.165, 1.54) is 0 Å². The summed E-state index contributed by atoms with van der Waals surface area (Å²) in [4.78, 5) is 31.8. The minimum absolute atomic E-state index is 0.204. The van der Waals surface area contributed by atoms with Gasteiger partial charge in [0.25, 0.3) is 0 Å². The Balaban J connectivity index is 1.53. The molecule has 0 fully saturated rings. The summed E-state index contributed by atoms with van der Waals surface area (Å²) < 4.78 is 11.0. The number of fused-ring (bicyclic) bond motifs is 2. The molecule has 1 aliphatic carbocycles. The fourth-order valence-electron chi connectivity index (χ4n) is 5.41. The summed E-state index contributed by atoms with van der Waals surface area (Å²) in [5.74, 6) is 0.424. The molecule has 0 saturated heterocycles. The van der Waals surface area contributed by atoms with Crippen molar-refractivity contribution in [2.24, 2.45) is 5.92 Å². The summed E-state index contributed by atoms with van der Waals surface area (Å²) in [6.45, 7) is 7.78. The molecule has 0 aliphatic heterocycles. The van der Waals surface area contributed by atoms with Crippen molar-refractivity contribution in [2.45, 2.75) is 40.5 Å². The zero-order chi connectivity index (χ0) is 27.7. The monoisotopic (exact) mass is 519 g/mol. The van der Waals surface area contributed by atoms with E-state index in [0.717, 1.165) is 62.2 Å². The molecule has 0 bridgehead atoms. The van der Waals surface area contributed by atoms with Gasteiger partial charge in [-0.05, 0) is 103 Å². The molecule has 5 nitrogen and oxygen atoms in total. The number of para-hydroxylation sites is 1. The quantitative estimate of drug-likeness (QED) is 0.197. The predicted octanol–water partition coefficient (Wildman–Crippen LogP) is 7.33. The molecule has 0 saturated carbocycles. The highest BCUT2D eigenvalue weighted by molar-refractivity contribution is 6.08. The predicted molar refractivity (Wildman–Crippen MR) is 155 cm³/mol. The second-order valence-corrected chi connectivity index (χ2v) is 10.5. The minimum atomic E-state index is -0.488. The molecule has 1 atom stereocenters. The molecule has 39 heavy (non-hydrogen) atoms. The van der Waals surface area contributed by atoms with Gasteiger partial charge < -0.3 is 9.47 Å². The van der Waals surface area contributed by atoms with Crippen LogP contribution in [0.4, 0.5) is 0 Å². The van der Waals surface area contributed by atoms with Gasteiger partial charge in [-0.2, -0.15) is 0 Å². The molecular weight excluding hydrogens is 486 g/mol. The maximum atomic E-state index is 13.7. The third kappa shape index (κ3) is 5.35. The van der Waals surface area contributed by atoms with Gasteiger partial charge in [-0.3, -0.25) is 4.79 Å². The molecule has 1 aliphatic rings. The summed E-state index contributed by atoms with van der Waals surface area (Å²) in [7, 11) is 1.65. The van der Waals surface area contributed by atoms with Crippen LogP contribution in [0.3, 0.4) is 0 Å². The van der Waals surface area contributed by atoms with Gasteiger partial charge in [0, 0.05) is 10.9 Å². The average Bonchev–Trinajstić information content (AvgIpc) is 2.93. The number of Topliss-reactive ketones (excluding diaryl/α,β-unsaturated/α-hetero) is 1. The third-order valence-corrected chi connectivity index (χ3v) is 7.55. The van der Waals surface area contributed by atoms with Crippen LogP contribution in [0.2, 0.25) is 0 Å². The number of aromatic nitrogens is 1. The van der Waals surface area contributed by atoms with E-state index >= 15 is 0 Å². The molecule has 4 aromatic rings. The summed E-state index contributed by atoms with van der Waals surface area (Å²) >= 11 is 0. The van der Waals surface area contributed by atoms with Gasteiger partial charge in [-0.1, -0.05) is 43.3 Å². The summed E-state index contributed by atoms with van der Waals surface area (Å²) in [6.07, 6.45) is 3.70. The van der Waals surface area contributed by atoms with E-state index < -0.39 is 5.97 Å². The zero-order valence-corrected chi connectivity index (χ0v) is 23.1. The van der Waals surface area contributed by atoms with Crippen molar-refractivity contribution in [3.63, 3.8) is 0 Å². The molecule has 1 heterocycles. The highest BCUT2D eigenvalue weighted by Crippen LogP contribution is 2.39. The number of hydrogen-bond acceptors (Lipinski definition) is 5. The fourth-order valence-corrected chi connectivity index (χ4v) is 5.41. The first-order chi connectivity index (χ1) is 18.7. The molecule has 3 aromatic carbocycles. The van der Waals surface area contributed by atoms with Crippen LogP contribution in [-0.2, 0) is 11.2 Å². The Bertz CT molecular complexity index is 1620. The Morgan fingerprint density at radius 2 is 1.67 bits per heavy atom. The number of esters is 1. The number of aryl methyl sites for hydroxylation is 3. The van der Waals surface area contributed by atoms with Crippen molar-refractivity contribution < 1.29 is 19.1 Å². The highest BCUT2D eigenvalue weighted by Gasteiger charge is 2.29. The van der Waals surface area contributed by atoms with Gasteiger partial charge in [0.15, 0.2) is 6.61 Å². The van der Waals surface area contributed by atoms with Crippen LogP contribution in [0.25, 0.3) is 22.6 Å². The highest BCUT2D eigenvalue weighted by atomic mass is 16.5. The van der Waals surface area contributed by atoms with Gasteiger partial charge in [0.1, 0.15) is 5.75 Å². The van der Waals surface area contributed by atoms with Crippen molar-refractivity contribution in [3.05, 3.63) is 105 Å². The molecule has 5 heteroatoms. The molecule has 0 radical (unpaired) electrons. The maximum absolute atomic E-state index is 13.7. The first kappa shape index (κ1) is 26.4. The Hall–Kier alpha value is -4.25. The SMILES string of the molecule is COc1ccc(/C=C2\CC(C)Cc3c2nc2ccccc2c3C(=O)OCC(=O)c2cc(C)c(C)cc2C)cc1. The van der Waals surface area contributed by atoms with E-state index in [1.807, 2.05) is 81.4 Å². The lowest BCUT2D eigenvalue weighted by Crippen LogP contribution is -2.21. The van der Waals surface area contributed by atoms with Crippen molar-refractivity contribution in [2.75, 3.05) is 13.7 Å². The van der Waals surface area contributed by atoms with E-state index in [4.69, 9.17) is 14.5 Å². The van der Waals surface area contributed by atoms with Crippen LogP contribution < -0.4 is 4.74 Å². The van der Waals surface area contributed by atoms with Crippen molar-refractivity contribution in [1.82, 2.24) is 4.98 Å². The van der Waals surface area contributed by atoms with Gasteiger partial charge in [-0.25, -0.2) is 9.78 Å². The lowest BCUT2D eigenvalue weighted by molar-refractivity contribution is 0.0475. The van der Waals surface area contributed by atoms with E-state index in [1.54, 1.807) is 7.11 Å². The first-order valence-corrected chi connectivity index (χ1v) is 13.3. The maximum Gasteiger partial charge on any atom is 0.339 e. The third-order valence-electron chi connectivity index (χ3n) is 7.55. The van der Waals surface area contributed by atoms with Crippen LogP contribution in [0, 0.1) is 26.7 Å². The van der Waals surface area contributed by atoms with E-state index in [-0.39, 0.29) is 12.4 Å². The number of methoxy groups -OCH3 is 1. The molecule has 0 N–H and O–H groups in total. The Labute approximate surface area is 229 Å². The summed E-state index contributed by atoms with van der Waals surface area (Å²) in [6, 6.07) is 19.4. The van der Waals surface area contributed by atoms with Crippen LogP contribution in [0.1, 0.15) is 67.6 Å². The van der Waals surface area contributed by atoms with Crippen LogP contribution in [-0.4, -0.2) is 30.5 Å². The summed E-state index contributed by atoms with van der Waals surface area (Å²) in [5.41, 5.74) is 8.70. The van der Waals surface area contributed by atoms with Gasteiger partial charge >= 0.3 is 5.97 Å². The minimum Gasteiger partial charge on any atom is -0.497 e. The van der Waals surface area contributed by atoms with E-state index in [2.05, 4.69) is 13.0 Å². The number of carbonyl (C=O) groups excluding carboxylic acids is 2. The number of allylic oxidation sites excluding steroid dienone is 1. The van der Waals surface area contributed by atoms with Gasteiger partial charge in [0.2, 0.25) is 5.78 Å². The standard InChI is InChI=1S/C34H33NO4/c1-20-14-25(18-24-10-12-26(38-5)13-11-24)33-29(15-20)32(27-8-6-7-9-30(27)35-33)34(37)39-19-31(36)28-17-22(3)21(2)16-23(28)4/h6-13,16-18,20H,14-15,19H2,1-5H3/b25-18+. The molecule has 0 amide bonds. The topological polar surface area (TPSA) is 65.5 Å². The van der Waals surface area contributed by atoms with Crippen LogP contribution in [0.5, 0.6) is 5.75 Å². The van der Waals surface area contributed by atoms with Gasteiger partial charge in [0.05, 0.1) is 23.9 Å². The molecule has 1 aromatic heterocycles. The van der Waals surface area contributed by atoms with E-state index in [9.17, 15) is 9.59 Å². The van der Waals surface area contributed by atoms with Crippen molar-refractivity contribution in [1.29, 1.82) is 0 Å². The Morgan fingerprint density at radius 3 is 2.41 bits per heavy atom. The number of pyridine rings is 1. The largest absolute Gasteiger partial charge is 0.497 e. The second-order valence-electron chi connectivity index (χ2n) is 10.5. The number of carbonyl (C=O) groups is 2. The van der Waals surface area contributed by atoms with Crippen molar-refractivity contribution >= 4 is 34.3 Å². The number of hydrogen-bond donors (Lipinski definition) is 0. The lowest BCUT2D eigenvalue weighted by Gasteiger charge is -2.26. The molecule has 5 rings (SSSR count). The first-order valence-electron chi connectivity index (χ1n) is 13.3. The Morgan fingerprint density at radius 1 is 0.949 bits per heavy atom. The molecular formula is C34H33NO4. The molecule has 0 spiro atoms. The van der Waals surface area contributed by atoms with Crippen LogP contribution >= 0.6 is 0 Å². The average molecular weight is 520 g/mol. The molecule has 1 unspecified atom stereocenters. The number of benzene rings is 3. The van der Waals surface area contributed by atoms with E-state index in [0.29, 0.717) is 23.5 Å². The smallest absolute Gasteiger partial charge is 0.339 e. The van der Waals surface area contributed by atoms with Gasteiger partial charge in [-0.15, -0.1) is 0 Å². The van der Waals surface area contributed by atoms with Crippen molar-refractivity contribution in [3.8, 4) is 5.75 Å². The molecule has 198 valence electrons.